The molecule has 0 unspecified atom stereocenters. The van der Waals surface area contributed by atoms with Gasteiger partial charge in [-0.3, -0.25) is 9.59 Å². The third-order valence-corrected chi connectivity index (χ3v) is 4.03. The van der Waals surface area contributed by atoms with Crippen molar-refractivity contribution in [3.05, 3.63) is 54.4 Å². The van der Waals surface area contributed by atoms with Gasteiger partial charge in [0.05, 0.1) is 17.6 Å². The number of rotatable bonds is 3. The van der Waals surface area contributed by atoms with Crippen molar-refractivity contribution >= 4 is 34.2 Å². The Balaban J connectivity index is 1.48. The molecule has 2 N–H and O–H groups in total. The molecule has 7 nitrogen and oxygen atoms in total. The molecule has 0 bridgehead atoms. The number of ether oxygens (including phenoxy) is 1. The fraction of sp³-hybridized carbons (Fsp3) is 0.167. The molecule has 126 valence electrons. The summed E-state index contributed by atoms with van der Waals surface area (Å²) in [5, 5.41) is 2.80. The minimum absolute atomic E-state index is 0.0645. The fourth-order valence-corrected chi connectivity index (χ4v) is 2.77. The summed E-state index contributed by atoms with van der Waals surface area (Å²) in [6.45, 7) is 1.16. The lowest BCUT2D eigenvalue weighted by atomic mass is 10.2. The highest BCUT2D eigenvalue weighted by atomic mass is 16.5. The number of hydrogen-bond donors (Lipinski definition) is 2. The number of nitrogens with one attached hydrogen (secondary N) is 2. The number of carbonyl (C=O) groups is 2. The molecule has 2 heterocycles. The molecule has 1 aliphatic rings. The molecule has 0 aliphatic carbocycles. The SMILES string of the molecule is O=C(Nc1ccc(N2CCOCC2=O)cc1)c1nc2ccccc2[nH]1. The summed E-state index contributed by atoms with van der Waals surface area (Å²) < 4.78 is 5.13. The van der Waals surface area contributed by atoms with Crippen LogP contribution in [-0.4, -0.2) is 41.5 Å². The number of para-hydroxylation sites is 2. The van der Waals surface area contributed by atoms with Crippen molar-refractivity contribution in [2.24, 2.45) is 0 Å². The van der Waals surface area contributed by atoms with Crippen molar-refractivity contribution in [3.63, 3.8) is 0 Å². The fourth-order valence-electron chi connectivity index (χ4n) is 2.77. The van der Waals surface area contributed by atoms with Gasteiger partial charge in [-0.2, -0.15) is 0 Å². The molecular formula is C18H16N4O3. The van der Waals surface area contributed by atoms with Crippen molar-refractivity contribution in [1.82, 2.24) is 9.97 Å². The van der Waals surface area contributed by atoms with E-state index in [0.29, 0.717) is 18.8 Å². The zero-order valence-corrected chi connectivity index (χ0v) is 13.4. The van der Waals surface area contributed by atoms with Gasteiger partial charge in [0.1, 0.15) is 6.61 Å². The van der Waals surface area contributed by atoms with Crippen LogP contribution >= 0.6 is 0 Å². The molecule has 1 aliphatic heterocycles. The summed E-state index contributed by atoms with van der Waals surface area (Å²) in [5.74, 6) is -0.120. The van der Waals surface area contributed by atoms with E-state index in [-0.39, 0.29) is 24.2 Å². The van der Waals surface area contributed by atoms with Crippen LogP contribution in [0.15, 0.2) is 48.5 Å². The summed E-state index contributed by atoms with van der Waals surface area (Å²) >= 11 is 0. The largest absolute Gasteiger partial charge is 0.370 e. The summed E-state index contributed by atoms with van der Waals surface area (Å²) in [6, 6.07) is 14.6. The lowest BCUT2D eigenvalue weighted by Gasteiger charge is -2.26. The molecule has 1 aromatic heterocycles. The number of amides is 2. The molecule has 3 aromatic rings. The lowest BCUT2D eigenvalue weighted by Crippen LogP contribution is -2.41. The van der Waals surface area contributed by atoms with Crippen LogP contribution in [0, 0.1) is 0 Å². The smallest absolute Gasteiger partial charge is 0.291 e. The van der Waals surface area contributed by atoms with E-state index in [4.69, 9.17) is 4.74 Å². The molecule has 4 rings (SSSR count). The number of nitrogens with zero attached hydrogens (tertiary/aromatic N) is 2. The first-order valence-electron chi connectivity index (χ1n) is 7.95. The molecule has 0 radical (unpaired) electrons. The Hall–Kier alpha value is -3.19. The maximum atomic E-state index is 12.3. The van der Waals surface area contributed by atoms with Gasteiger partial charge < -0.3 is 19.9 Å². The van der Waals surface area contributed by atoms with Gasteiger partial charge in [-0.15, -0.1) is 0 Å². The van der Waals surface area contributed by atoms with Crippen LogP contribution in [0.2, 0.25) is 0 Å². The topological polar surface area (TPSA) is 87.3 Å². The average molecular weight is 336 g/mol. The van der Waals surface area contributed by atoms with E-state index < -0.39 is 0 Å². The van der Waals surface area contributed by atoms with E-state index in [1.807, 2.05) is 24.3 Å². The monoisotopic (exact) mass is 336 g/mol. The van der Waals surface area contributed by atoms with E-state index in [1.165, 1.54) is 0 Å². The molecule has 7 heteroatoms. The van der Waals surface area contributed by atoms with Crippen molar-refractivity contribution in [2.45, 2.75) is 0 Å². The quantitative estimate of drug-likeness (QED) is 0.767. The number of benzene rings is 2. The minimum Gasteiger partial charge on any atom is -0.370 e. The summed E-state index contributed by atoms with van der Waals surface area (Å²) in [7, 11) is 0. The maximum absolute atomic E-state index is 12.3. The van der Waals surface area contributed by atoms with Crippen LogP contribution in [0.4, 0.5) is 11.4 Å². The van der Waals surface area contributed by atoms with Gasteiger partial charge in [-0.1, -0.05) is 12.1 Å². The van der Waals surface area contributed by atoms with Gasteiger partial charge >= 0.3 is 0 Å². The first-order chi connectivity index (χ1) is 12.2. The summed E-state index contributed by atoms with van der Waals surface area (Å²) in [4.78, 5) is 33.1. The number of fused-ring (bicyclic) bond motifs is 1. The second kappa shape index (κ2) is 6.37. The Morgan fingerprint density at radius 2 is 1.96 bits per heavy atom. The van der Waals surface area contributed by atoms with Gasteiger partial charge in [0, 0.05) is 17.9 Å². The number of H-pyrrole nitrogens is 1. The molecule has 1 saturated heterocycles. The predicted molar refractivity (Wildman–Crippen MR) is 93.7 cm³/mol. The first-order valence-corrected chi connectivity index (χ1v) is 7.95. The number of hydrogen-bond acceptors (Lipinski definition) is 4. The van der Waals surface area contributed by atoms with E-state index in [9.17, 15) is 9.59 Å². The lowest BCUT2D eigenvalue weighted by molar-refractivity contribution is -0.125. The van der Waals surface area contributed by atoms with Crippen molar-refractivity contribution < 1.29 is 14.3 Å². The number of anilines is 2. The number of aromatic nitrogens is 2. The van der Waals surface area contributed by atoms with Gasteiger partial charge in [-0.25, -0.2) is 4.98 Å². The zero-order valence-electron chi connectivity index (χ0n) is 13.4. The zero-order chi connectivity index (χ0) is 17.2. The Morgan fingerprint density at radius 3 is 2.72 bits per heavy atom. The summed E-state index contributed by atoms with van der Waals surface area (Å²) in [6.07, 6.45) is 0. The van der Waals surface area contributed by atoms with Gasteiger partial charge in [0.25, 0.3) is 11.8 Å². The second-order valence-corrected chi connectivity index (χ2v) is 5.70. The molecule has 1 fully saturated rings. The van der Waals surface area contributed by atoms with Crippen LogP contribution < -0.4 is 10.2 Å². The van der Waals surface area contributed by atoms with E-state index in [1.54, 1.807) is 29.2 Å². The van der Waals surface area contributed by atoms with Crippen LogP contribution in [0.1, 0.15) is 10.6 Å². The van der Waals surface area contributed by atoms with Crippen molar-refractivity contribution in [3.8, 4) is 0 Å². The van der Waals surface area contributed by atoms with Gasteiger partial charge in [-0.05, 0) is 36.4 Å². The molecule has 2 amide bonds. The first kappa shape index (κ1) is 15.3. The Kier molecular flexibility index (Phi) is 3.91. The highest BCUT2D eigenvalue weighted by Crippen LogP contribution is 2.20. The minimum atomic E-state index is -0.314. The standard InChI is InChI=1S/C18H16N4O3/c23-16-11-25-10-9-22(16)13-7-5-12(6-8-13)19-18(24)17-20-14-3-1-2-4-15(14)21-17/h1-8H,9-11H2,(H,19,24)(H,20,21). The highest BCUT2D eigenvalue weighted by Gasteiger charge is 2.20. The molecule has 0 spiro atoms. The van der Waals surface area contributed by atoms with E-state index >= 15 is 0 Å². The van der Waals surface area contributed by atoms with Crippen LogP contribution in [0.5, 0.6) is 0 Å². The Bertz CT molecular complexity index is 900. The predicted octanol–water partition coefficient (Wildman–Crippen LogP) is 2.18. The van der Waals surface area contributed by atoms with E-state index in [0.717, 1.165) is 16.7 Å². The normalized spacial score (nSPS) is 14.7. The van der Waals surface area contributed by atoms with Crippen LogP contribution in [0.25, 0.3) is 11.0 Å². The Morgan fingerprint density at radius 1 is 1.16 bits per heavy atom. The maximum Gasteiger partial charge on any atom is 0.291 e. The molecule has 2 aromatic carbocycles. The summed E-state index contributed by atoms with van der Waals surface area (Å²) in [5.41, 5.74) is 2.98. The average Bonchev–Trinajstić information content (AvgIpc) is 3.07. The molecule has 25 heavy (non-hydrogen) atoms. The number of aromatic amines is 1. The van der Waals surface area contributed by atoms with Crippen molar-refractivity contribution in [2.75, 3.05) is 30.0 Å². The molecular weight excluding hydrogens is 320 g/mol. The van der Waals surface area contributed by atoms with Crippen molar-refractivity contribution in [1.29, 1.82) is 0 Å². The number of carbonyl (C=O) groups excluding carboxylic acids is 2. The third kappa shape index (κ3) is 3.09. The van der Waals surface area contributed by atoms with E-state index in [2.05, 4.69) is 15.3 Å². The third-order valence-electron chi connectivity index (χ3n) is 4.03. The molecule has 0 saturated carbocycles. The van der Waals surface area contributed by atoms with Gasteiger partial charge in [0.2, 0.25) is 0 Å². The number of morpholine rings is 1. The highest BCUT2D eigenvalue weighted by molar-refractivity contribution is 6.03. The van der Waals surface area contributed by atoms with Crippen LogP contribution in [0.3, 0.4) is 0 Å². The number of imidazole rings is 1. The molecule has 0 atom stereocenters. The Labute approximate surface area is 143 Å². The van der Waals surface area contributed by atoms with Gasteiger partial charge in [0.15, 0.2) is 5.82 Å². The second-order valence-electron chi connectivity index (χ2n) is 5.70. The van der Waals surface area contributed by atoms with Crippen LogP contribution in [-0.2, 0) is 9.53 Å².